The normalized spacial score (nSPS) is 12.3. The molecule has 0 aromatic heterocycles. The Morgan fingerprint density at radius 3 is 2.22 bits per heavy atom. The number of halogens is 2. The number of hydrogen-bond acceptors (Lipinski definition) is 4. The summed E-state index contributed by atoms with van der Waals surface area (Å²) in [4.78, 5) is 27.4. The molecule has 32 heavy (non-hydrogen) atoms. The first kappa shape index (κ1) is 26.0. The molecule has 0 aliphatic rings. The van der Waals surface area contributed by atoms with Gasteiger partial charge in [-0.2, -0.15) is 0 Å². The maximum atomic E-state index is 13.4. The molecule has 0 aliphatic heterocycles. The Morgan fingerprint density at radius 1 is 1.03 bits per heavy atom. The van der Waals surface area contributed by atoms with Crippen molar-refractivity contribution >= 4 is 50.7 Å². The van der Waals surface area contributed by atoms with Crippen LogP contribution in [0.4, 0.5) is 5.69 Å². The highest BCUT2D eigenvalue weighted by molar-refractivity contribution is 7.92. The molecule has 7 nitrogen and oxygen atoms in total. The van der Waals surface area contributed by atoms with Gasteiger partial charge in [0, 0.05) is 17.6 Å². The summed E-state index contributed by atoms with van der Waals surface area (Å²) in [6, 6.07) is 12.6. The second-order valence-corrected chi connectivity index (χ2v) is 10.5. The molecule has 0 spiro atoms. The van der Waals surface area contributed by atoms with Crippen LogP contribution in [0.25, 0.3) is 0 Å². The maximum Gasteiger partial charge on any atom is 0.244 e. The van der Waals surface area contributed by atoms with Gasteiger partial charge in [0.15, 0.2) is 0 Å². The zero-order chi connectivity index (χ0) is 24.1. The van der Waals surface area contributed by atoms with Gasteiger partial charge < -0.3 is 10.2 Å². The Balaban J connectivity index is 2.41. The van der Waals surface area contributed by atoms with Crippen molar-refractivity contribution in [1.29, 1.82) is 0 Å². The van der Waals surface area contributed by atoms with E-state index in [4.69, 9.17) is 23.2 Å². The van der Waals surface area contributed by atoms with E-state index in [1.165, 1.54) is 23.1 Å². The van der Waals surface area contributed by atoms with Gasteiger partial charge in [-0.3, -0.25) is 13.9 Å². The van der Waals surface area contributed by atoms with Crippen LogP contribution in [-0.2, 0) is 26.2 Å². The lowest BCUT2D eigenvalue weighted by Gasteiger charge is -2.32. The highest BCUT2D eigenvalue weighted by Gasteiger charge is 2.31. The van der Waals surface area contributed by atoms with E-state index in [2.05, 4.69) is 5.32 Å². The molecule has 0 radical (unpaired) electrons. The van der Waals surface area contributed by atoms with Crippen molar-refractivity contribution in [1.82, 2.24) is 10.2 Å². The molecule has 0 unspecified atom stereocenters. The molecule has 174 valence electrons. The van der Waals surface area contributed by atoms with E-state index in [1.54, 1.807) is 6.92 Å². The second-order valence-electron chi connectivity index (χ2n) is 7.71. The number of anilines is 1. The van der Waals surface area contributed by atoms with Crippen molar-refractivity contribution in [2.24, 2.45) is 0 Å². The number of nitrogens with one attached hydrogen (secondary N) is 1. The Morgan fingerprint density at radius 2 is 1.66 bits per heavy atom. The van der Waals surface area contributed by atoms with E-state index in [1.807, 2.05) is 44.2 Å². The van der Waals surface area contributed by atoms with E-state index >= 15 is 0 Å². The summed E-state index contributed by atoms with van der Waals surface area (Å²) in [5.74, 6) is -0.891. The monoisotopic (exact) mass is 499 g/mol. The first-order valence-electron chi connectivity index (χ1n) is 9.96. The van der Waals surface area contributed by atoms with Gasteiger partial charge >= 0.3 is 0 Å². The summed E-state index contributed by atoms with van der Waals surface area (Å²) in [6.07, 6.45) is 0.980. The van der Waals surface area contributed by atoms with Crippen LogP contribution in [0.2, 0.25) is 10.0 Å². The lowest BCUT2D eigenvalue weighted by molar-refractivity contribution is -0.139. The van der Waals surface area contributed by atoms with Crippen LogP contribution in [0.3, 0.4) is 0 Å². The number of rotatable bonds is 9. The Kier molecular flexibility index (Phi) is 8.95. The molecular weight excluding hydrogens is 473 g/mol. The van der Waals surface area contributed by atoms with Crippen LogP contribution >= 0.6 is 23.2 Å². The molecule has 2 aromatic carbocycles. The summed E-state index contributed by atoms with van der Waals surface area (Å²) >= 11 is 12.2. The average Bonchev–Trinajstić information content (AvgIpc) is 2.71. The van der Waals surface area contributed by atoms with Gasteiger partial charge in [-0.25, -0.2) is 8.42 Å². The summed E-state index contributed by atoms with van der Waals surface area (Å²) in [5.41, 5.74) is 0.894. The standard InChI is InChI=1S/C22H27Cl2N3O4S/c1-15(2)25-22(29)16(3)26(13-17-8-6-5-7-9-17)21(28)14-27(32(4,30)31)20-12-18(23)10-11-19(20)24/h5-12,15-16H,13-14H2,1-4H3,(H,25,29)/t16-/m0/s1. The van der Waals surface area contributed by atoms with Crippen LogP contribution in [-0.4, -0.2) is 50.0 Å². The predicted octanol–water partition coefficient (Wildman–Crippen LogP) is 3.70. The van der Waals surface area contributed by atoms with E-state index in [0.29, 0.717) is 0 Å². The SMILES string of the molecule is CC(C)NC(=O)[C@H](C)N(Cc1ccccc1)C(=O)CN(c1cc(Cl)ccc1Cl)S(C)(=O)=O. The topological polar surface area (TPSA) is 86.8 Å². The average molecular weight is 500 g/mol. The molecule has 0 fully saturated rings. The third-order valence-electron chi connectivity index (χ3n) is 4.65. The number of nitrogens with zero attached hydrogens (tertiary/aromatic N) is 2. The van der Waals surface area contributed by atoms with Crippen LogP contribution in [0.1, 0.15) is 26.3 Å². The minimum atomic E-state index is -3.88. The van der Waals surface area contributed by atoms with Gasteiger partial charge in [0.05, 0.1) is 17.0 Å². The Labute approximate surface area is 199 Å². The fraction of sp³-hybridized carbons (Fsp3) is 0.364. The van der Waals surface area contributed by atoms with E-state index < -0.39 is 28.5 Å². The van der Waals surface area contributed by atoms with Gasteiger partial charge in [-0.05, 0) is 44.5 Å². The number of amides is 2. The fourth-order valence-corrected chi connectivity index (χ4v) is 4.33. The molecule has 2 rings (SSSR count). The number of benzene rings is 2. The lowest BCUT2D eigenvalue weighted by atomic mass is 10.1. The summed E-state index contributed by atoms with van der Waals surface area (Å²) in [5, 5.41) is 3.20. The number of sulfonamides is 1. The fourth-order valence-electron chi connectivity index (χ4n) is 3.04. The predicted molar refractivity (Wildman–Crippen MR) is 128 cm³/mol. The van der Waals surface area contributed by atoms with Gasteiger partial charge in [-0.15, -0.1) is 0 Å². The van der Waals surface area contributed by atoms with Crippen molar-refractivity contribution in [3.63, 3.8) is 0 Å². The zero-order valence-corrected chi connectivity index (χ0v) is 20.7. The smallest absolute Gasteiger partial charge is 0.244 e. The maximum absolute atomic E-state index is 13.4. The van der Waals surface area contributed by atoms with Crippen molar-refractivity contribution in [3.8, 4) is 0 Å². The molecule has 1 atom stereocenters. The van der Waals surface area contributed by atoms with Gasteiger partial charge in [-0.1, -0.05) is 53.5 Å². The van der Waals surface area contributed by atoms with Crippen molar-refractivity contribution in [2.45, 2.75) is 39.4 Å². The Hall–Kier alpha value is -2.29. The molecule has 0 saturated heterocycles. The summed E-state index contributed by atoms with van der Waals surface area (Å²) in [6.45, 7) is 4.84. The summed E-state index contributed by atoms with van der Waals surface area (Å²) < 4.78 is 26.0. The molecule has 0 aliphatic carbocycles. The lowest BCUT2D eigenvalue weighted by Crippen LogP contribution is -2.52. The molecule has 1 N–H and O–H groups in total. The van der Waals surface area contributed by atoms with E-state index in [-0.39, 0.29) is 34.2 Å². The first-order valence-corrected chi connectivity index (χ1v) is 12.6. The Bertz CT molecular complexity index is 1060. The molecular formula is C22H27Cl2N3O4S. The van der Waals surface area contributed by atoms with Gasteiger partial charge in [0.2, 0.25) is 21.8 Å². The number of hydrogen-bond donors (Lipinski definition) is 1. The molecule has 0 saturated carbocycles. The highest BCUT2D eigenvalue weighted by Crippen LogP contribution is 2.30. The quantitative estimate of drug-likeness (QED) is 0.569. The molecule has 0 bridgehead atoms. The van der Waals surface area contributed by atoms with Crippen LogP contribution in [0.5, 0.6) is 0 Å². The third kappa shape index (κ3) is 7.12. The van der Waals surface area contributed by atoms with Gasteiger partial charge in [0.1, 0.15) is 12.6 Å². The molecule has 0 heterocycles. The molecule has 2 amide bonds. The highest BCUT2D eigenvalue weighted by atomic mass is 35.5. The van der Waals surface area contributed by atoms with Crippen LogP contribution in [0, 0.1) is 0 Å². The largest absolute Gasteiger partial charge is 0.352 e. The number of carbonyl (C=O) groups is 2. The zero-order valence-electron chi connectivity index (χ0n) is 18.4. The van der Waals surface area contributed by atoms with E-state index in [9.17, 15) is 18.0 Å². The summed E-state index contributed by atoms with van der Waals surface area (Å²) in [7, 11) is -3.88. The van der Waals surface area contributed by atoms with Crippen LogP contribution < -0.4 is 9.62 Å². The minimum absolute atomic E-state index is 0.0916. The minimum Gasteiger partial charge on any atom is -0.352 e. The van der Waals surface area contributed by atoms with E-state index in [0.717, 1.165) is 16.1 Å². The molecule has 2 aromatic rings. The van der Waals surface area contributed by atoms with Crippen LogP contribution in [0.15, 0.2) is 48.5 Å². The first-order chi connectivity index (χ1) is 14.9. The van der Waals surface area contributed by atoms with Crippen molar-refractivity contribution < 1.29 is 18.0 Å². The third-order valence-corrected chi connectivity index (χ3v) is 6.33. The van der Waals surface area contributed by atoms with Crippen molar-refractivity contribution in [2.75, 3.05) is 17.1 Å². The second kappa shape index (κ2) is 11.0. The van der Waals surface area contributed by atoms with Gasteiger partial charge in [0.25, 0.3) is 0 Å². The number of carbonyl (C=O) groups excluding carboxylic acids is 2. The molecule has 10 heteroatoms. The van der Waals surface area contributed by atoms with Crippen molar-refractivity contribution in [3.05, 3.63) is 64.1 Å².